The molecule has 1 aliphatic heterocycles. The number of nitrogens with zero attached hydrogens (tertiary/aromatic N) is 1. The Morgan fingerprint density at radius 3 is 2.94 bits per heavy atom. The highest BCUT2D eigenvalue weighted by Crippen LogP contribution is 2.34. The molecule has 0 bridgehead atoms. The first-order chi connectivity index (χ1) is 8.75. The van der Waals surface area contributed by atoms with Gasteiger partial charge in [0.05, 0.1) is 0 Å². The van der Waals surface area contributed by atoms with E-state index in [4.69, 9.17) is 0 Å². The van der Waals surface area contributed by atoms with Gasteiger partial charge in [-0.25, -0.2) is 4.39 Å². The first-order valence-corrected chi connectivity index (χ1v) is 6.47. The van der Waals surface area contributed by atoms with E-state index in [9.17, 15) is 4.39 Å². The average Bonchev–Trinajstić information content (AvgIpc) is 2.39. The number of allylic oxidation sites excluding steroid dienone is 3. The maximum Gasteiger partial charge on any atom is 0.124 e. The minimum absolute atomic E-state index is 0.0549. The molecular weight excluding hydrogens is 225 g/mol. The highest BCUT2D eigenvalue weighted by atomic mass is 19.1. The number of halogens is 1. The molecule has 18 heavy (non-hydrogen) atoms. The van der Waals surface area contributed by atoms with E-state index in [1.807, 2.05) is 37.3 Å². The molecule has 1 aromatic carbocycles. The van der Waals surface area contributed by atoms with Crippen molar-refractivity contribution >= 4 is 5.69 Å². The summed E-state index contributed by atoms with van der Waals surface area (Å²) in [6, 6.07) is 9.12. The Labute approximate surface area is 108 Å². The third-order valence-corrected chi connectivity index (χ3v) is 3.92. The Morgan fingerprint density at radius 1 is 1.28 bits per heavy atom. The number of benzene rings is 1. The first kappa shape index (κ1) is 11.5. The predicted octanol–water partition coefficient (Wildman–Crippen LogP) is 3.31. The van der Waals surface area contributed by atoms with Crippen molar-refractivity contribution in [3.8, 4) is 0 Å². The van der Waals surface area contributed by atoms with Gasteiger partial charge in [0.2, 0.25) is 0 Å². The van der Waals surface area contributed by atoms with Crippen LogP contribution in [-0.4, -0.2) is 19.3 Å². The van der Waals surface area contributed by atoms with Gasteiger partial charge in [-0.05, 0) is 24.6 Å². The topological polar surface area (TPSA) is 3.24 Å². The fourth-order valence-electron chi connectivity index (χ4n) is 2.95. The first-order valence-electron chi connectivity index (χ1n) is 6.47. The van der Waals surface area contributed by atoms with E-state index >= 15 is 0 Å². The summed E-state index contributed by atoms with van der Waals surface area (Å²) in [6.45, 7) is 3.41. The van der Waals surface area contributed by atoms with Crippen molar-refractivity contribution in [1.82, 2.24) is 0 Å². The lowest BCUT2D eigenvalue weighted by Gasteiger charge is -2.41. The largest absolute Gasteiger partial charge is 0.368 e. The summed E-state index contributed by atoms with van der Waals surface area (Å²) in [7, 11) is 0. The zero-order chi connectivity index (χ0) is 12.5. The van der Waals surface area contributed by atoms with Crippen LogP contribution in [0.2, 0.25) is 0 Å². The number of rotatable bonds is 1. The lowest BCUT2D eigenvalue weighted by molar-refractivity contribution is 0.197. The van der Waals surface area contributed by atoms with Crippen LogP contribution in [0.4, 0.5) is 10.1 Å². The Morgan fingerprint density at radius 2 is 2.11 bits per heavy atom. The van der Waals surface area contributed by atoms with Gasteiger partial charge >= 0.3 is 0 Å². The molecule has 3 rings (SSSR count). The summed E-state index contributed by atoms with van der Waals surface area (Å²) in [5.74, 6) is 0.345. The Hall–Kier alpha value is -1.57. The molecule has 1 saturated heterocycles. The third kappa shape index (κ3) is 1.96. The number of hydrogen-bond donors (Lipinski definition) is 0. The molecule has 1 aromatic rings. The van der Waals surface area contributed by atoms with Crippen LogP contribution in [0.15, 0.2) is 42.5 Å². The highest BCUT2D eigenvalue weighted by molar-refractivity contribution is 5.53. The van der Waals surface area contributed by atoms with Gasteiger partial charge in [0, 0.05) is 30.6 Å². The number of fused-ring (bicyclic) bond motifs is 1. The normalized spacial score (nSPS) is 30.3. The molecule has 1 fully saturated rings. The van der Waals surface area contributed by atoms with Crippen molar-refractivity contribution in [1.29, 1.82) is 0 Å². The molecule has 2 heteroatoms. The van der Waals surface area contributed by atoms with Crippen LogP contribution >= 0.6 is 0 Å². The maximum absolute atomic E-state index is 14.2. The van der Waals surface area contributed by atoms with E-state index in [1.165, 1.54) is 0 Å². The molecule has 2 aliphatic rings. The molecule has 1 radical (unpaired) electrons. The zero-order valence-corrected chi connectivity index (χ0v) is 10.5. The van der Waals surface area contributed by atoms with Crippen LogP contribution < -0.4 is 4.90 Å². The second kappa shape index (κ2) is 4.60. The lowest BCUT2D eigenvalue weighted by atomic mass is 9.81. The molecule has 1 aliphatic carbocycles. The average molecular weight is 242 g/mol. The highest BCUT2D eigenvalue weighted by Gasteiger charge is 2.35. The van der Waals surface area contributed by atoms with E-state index in [0.717, 1.165) is 17.8 Å². The van der Waals surface area contributed by atoms with Gasteiger partial charge in [-0.2, -0.15) is 0 Å². The monoisotopic (exact) mass is 242 g/mol. The summed E-state index contributed by atoms with van der Waals surface area (Å²) in [5.41, 5.74) is 2.21. The van der Waals surface area contributed by atoms with Gasteiger partial charge in [-0.3, -0.25) is 0 Å². The summed E-state index contributed by atoms with van der Waals surface area (Å²) in [4.78, 5) is 2.15. The van der Waals surface area contributed by atoms with Crippen LogP contribution in [0.1, 0.15) is 5.56 Å². The third-order valence-electron chi connectivity index (χ3n) is 3.92. The molecule has 0 N–H and O–H groups in total. The van der Waals surface area contributed by atoms with Gasteiger partial charge in [0.25, 0.3) is 0 Å². The summed E-state index contributed by atoms with van der Waals surface area (Å²) in [5, 5.41) is 0. The minimum Gasteiger partial charge on any atom is -0.368 e. The van der Waals surface area contributed by atoms with Gasteiger partial charge in [-0.15, -0.1) is 0 Å². The second-order valence-corrected chi connectivity index (χ2v) is 5.11. The fourth-order valence-corrected chi connectivity index (χ4v) is 2.95. The molecule has 0 saturated carbocycles. The molecule has 0 spiro atoms. The van der Waals surface area contributed by atoms with Crippen LogP contribution in [0, 0.1) is 24.8 Å². The molecule has 0 amide bonds. The van der Waals surface area contributed by atoms with Crippen LogP contribution in [0.5, 0.6) is 0 Å². The van der Waals surface area contributed by atoms with Crippen molar-refractivity contribution in [2.75, 3.05) is 18.0 Å². The molecule has 0 aromatic heterocycles. The van der Waals surface area contributed by atoms with Gasteiger partial charge < -0.3 is 4.90 Å². The summed E-state index contributed by atoms with van der Waals surface area (Å²) in [6.07, 6.45) is 7.35. The van der Waals surface area contributed by atoms with Crippen LogP contribution in [0.3, 0.4) is 0 Å². The minimum atomic E-state index is -0.787. The Balaban J connectivity index is 1.86. The molecular formula is C16H17FN. The van der Waals surface area contributed by atoms with E-state index < -0.39 is 6.17 Å². The predicted molar refractivity (Wildman–Crippen MR) is 72.4 cm³/mol. The molecule has 1 nitrogen and oxygen atoms in total. The Kier molecular flexibility index (Phi) is 2.94. The smallest absolute Gasteiger partial charge is 0.124 e. The number of hydrogen-bond acceptors (Lipinski definition) is 1. The number of aryl methyl sites for hydroxylation is 1. The molecule has 93 valence electrons. The van der Waals surface area contributed by atoms with Gasteiger partial charge in [-0.1, -0.05) is 36.4 Å². The lowest BCUT2D eigenvalue weighted by Crippen LogP contribution is -2.47. The molecule has 3 atom stereocenters. The van der Waals surface area contributed by atoms with Crippen molar-refractivity contribution in [3.05, 3.63) is 54.1 Å². The summed E-state index contributed by atoms with van der Waals surface area (Å²) >= 11 is 0. The van der Waals surface area contributed by atoms with E-state index in [-0.39, 0.29) is 5.92 Å². The van der Waals surface area contributed by atoms with Crippen molar-refractivity contribution in [2.24, 2.45) is 11.8 Å². The molecule has 3 unspecified atom stereocenters. The number of alkyl halides is 1. The quantitative estimate of drug-likeness (QED) is 0.730. The van der Waals surface area contributed by atoms with Crippen molar-refractivity contribution < 1.29 is 4.39 Å². The number of anilines is 1. The Bertz CT molecular complexity index is 492. The standard InChI is InChI=1S/C16H17FN/c1-12-6-2-5-9-16(12)18-10-13-7-3-4-8-14(13)15(17)11-18/h2-5,7-9,13-15H,10-11H2,1H3. The van der Waals surface area contributed by atoms with E-state index in [2.05, 4.69) is 23.1 Å². The SMILES string of the molecule is Cc1[c]cccc1N1CC(F)C2C=CC=CC2C1. The van der Waals surface area contributed by atoms with E-state index in [1.54, 1.807) is 0 Å². The van der Waals surface area contributed by atoms with Gasteiger partial charge in [0.15, 0.2) is 0 Å². The van der Waals surface area contributed by atoms with Crippen LogP contribution in [-0.2, 0) is 0 Å². The number of piperidine rings is 1. The van der Waals surface area contributed by atoms with E-state index in [0.29, 0.717) is 12.5 Å². The maximum atomic E-state index is 14.2. The van der Waals surface area contributed by atoms with Crippen molar-refractivity contribution in [3.63, 3.8) is 0 Å². The van der Waals surface area contributed by atoms with Crippen molar-refractivity contribution in [2.45, 2.75) is 13.1 Å². The molecule has 1 heterocycles. The summed E-state index contributed by atoms with van der Waals surface area (Å²) < 4.78 is 14.2. The fraction of sp³-hybridized carbons (Fsp3) is 0.375. The zero-order valence-electron chi connectivity index (χ0n) is 10.5. The van der Waals surface area contributed by atoms with Gasteiger partial charge in [0.1, 0.15) is 6.17 Å². The van der Waals surface area contributed by atoms with Crippen LogP contribution in [0.25, 0.3) is 0 Å². The second-order valence-electron chi connectivity index (χ2n) is 5.11.